The van der Waals surface area contributed by atoms with Gasteiger partial charge >= 0.3 is 5.97 Å². The van der Waals surface area contributed by atoms with Gasteiger partial charge in [0.25, 0.3) is 0 Å². The van der Waals surface area contributed by atoms with Crippen molar-refractivity contribution >= 4 is 33.6 Å². The number of anilines is 1. The van der Waals surface area contributed by atoms with Gasteiger partial charge in [-0.3, -0.25) is 0 Å². The highest BCUT2D eigenvalue weighted by Gasteiger charge is 2.17. The number of aromatic nitrogens is 2. The molecule has 2 heterocycles. The molecule has 0 atom stereocenters. The van der Waals surface area contributed by atoms with Crippen LogP contribution in [-0.2, 0) is 0 Å². The van der Waals surface area contributed by atoms with E-state index in [0.29, 0.717) is 10.7 Å². The van der Waals surface area contributed by atoms with Gasteiger partial charge in [0.1, 0.15) is 15.7 Å². The Labute approximate surface area is 93.2 Å². The first-order chi connectivity index (χ1) is 7.08. The van der Waals surface area contributed by atoms with E-state index < -0.39 is 5.97 Å². The number of thiazole rings is 2. The third-order valence-corrected chi connectivity index (χ3v) is 3.37. The zero-order valence-corrected chi connectivity index (χ0v) is 9.35. The van der Waals surface area contributed by atoms with E-state index in [1.807, 2.05) is 12.3 Å². The van der Waals surface area contributed by atoms with Crippen LogP contribution in [0, 0.1) is 6.92 Å². The first-order valence-corrected chi connectivity index (χ1v) is 5.69. The molecule has 0 radical (unpaired) electrons. The number of rotatable bonds is 2. The van der Waals surface area contributed by atoms with Crippen molar-refractivity contribution in [2.24, 2.45) is 0 Å². The van der Waals surface area contributed by atoms with Gasteiger partial charge in [-0.05, 0) is 6.92 Å². The lowest BCUT2D eigenvalue weighted by Gasteiger charge is -1.86. The Balaban J connectivity index is 2.46. The molecule has 3 N–H and O–H groups in total. The third-order valence-electron chi connectivity index (χ3n) is 1.69. The van der Waals surface area contributed by atoms with Crippen LogP contribution in [0.2, 0.25) is 0 Å². The molecule has 2 aromatic rings. The summed E-state index contributed by atoms with van der Waals surface area (Å²) in [6.45, 7) is 1.88. The summed E-state index contributed by atoms with van der Waals surface area (Å²) in [5.74, 6) is -1.11. The second kappa shape index (κ2) is 3.59. The minimum Gasteiger partial charge on any atom is -0.476 e. The van der Waals surface area contributed by atoms with Crippen LogP contribution in [0.3, 0.4) is 0 Å². The SMILES string of the molecule is Cc1nc(-c2nc(C(=O)O)c(N)s2)cs1. The number of aromatic carboxylic acids is 1. The van der Waals surface area contributed by atoms with Gasteiger partial charge in [-0.15, -0.1) is 11.3 Å². The van der Waals surface area contributed by atoms with E-state index in [0.717, 1.165) is 16.3 Å². The number of nitrogen functional groups attached to an aromatic ring is 1. The second-order valence-electron chi connectivity index (χ2n) is 2.79. The van der Waals surface area contributed by atoms with Gasteiger partial charge in [-0.2, -0.15) is 0 Å². The topological polar surface area (TPSA) is 89.1 Å². The van der Waals surface area contributed by atoms with Crippen molar-refractivity contribution in [3.8, 4) is 10.7 Å². The van der Waals surface area contributed by atoms with E-state index in [4.69, 9.17) is 10.8 Å². The van der Waals surface area contributed by atoms with Crippen LogP contribution in [0.15, 0.2) is 5.38 Å². The van der Waals surface area contributed by atoms with Gasteiger partial charge in [0.15, 0.2) is 5.69 Å². The molecular formula is C8H7N3O2S2. The molecule has 0 saturated carbocycles. The van der Waals surface area contributed by atoms with Crippen LogP contribution in [0.25, 0.3) is 10.7 Å². The molecule has 7 heteroatoms. The van der Waals surface area contributed by atoms with E-state index in [1.165, 1.54) is 11.3 Å². The van der Waals surface area contributed by atoms with Crippen LogP contribution in [-0.4, -0.2) is 21.0 Å². The standard InChI is InChI=1S/C8H7N3O2S2/c1-3-10-4(2-14-3)7-11-5(8(12)13)6(9)15-7/h2H,9H2,1H3,(H,12,13). The zero-order chi connectivity index (χ0) is 11.0. The summed E-state index contributed by atoms with van der Waals surface area (Å²) < 4.78 is 0. The Morgan fingerprint density at radius 2 is 2.27 bits per heavy atom. The van der Waals surface area contributed by atoms with Gasteiger partial charge in [-0.25, -0.2) is 14.8 Å². The van der Waals surface area contributed by atoms with Gasteiger partial charge in [0, 0.05) is 5.38 Å². The van der Waals surface area contributed by atoms with Crippen LogP contribution < -0.4 is 5.73 Å². The molecule has 0 fully saturated rings. The Kier molecular flexibility index (Phi) is 2.41. The predicted octanol–water partition coefficient (Wildman–Crippen LogP) is 1.86. The summed E-state index contributed by atoms with van der Waals surface area (Å²) in [5, 5.41) is 12.3. The number of aryl methyl sites for hydroxylation is 1. The fourth-order valence-corrected chi connectivity index (χ4v) is 2.51. The average Bonchev–Trinajstić information content (AvgIpc) is 2.71. The number of nitrogens with two attached hydrogens (primary N) is 1. The van der Waals surface area contributed by atoms with Crippen molar-refractivity contribution in [1.82, 2.24) is 9.97 Å². The van der Waals surface area contributed by atoms with Crippen LogP contribution in [0.1, 0.15) is 15.5 Å². The van der Waals surface area contributed by atoms with Crippen molar-refractivity contribution in [2.75, 3.05) is 5.73 Å². The van der Waals surface area contributed by atoms with E-state index in [1.54, 1.807) is 0 Å². The molecule has 0 bridgehead atoms. The molecule has 0 aliphatic carbocycles. The van der Waals surface area contributed by atoms with Crippen molar-refractivity contribution in [1.29, 1.82) is 0 Å². The molecule has 78 valence electrons. The summed E-state index contributed by atoms with van der Waals surface area (Å²) in [6, 6.07) is 0. The molecule has 0 aliphatic heterocycles. The Morgan fingerprint density at radius 1 is 1.53 bits per heavy atom. The minimum atomic E-state index is -1.11. The number of carboxylic acid groups (broad SMARTS) is 1. The smallest absolute Gasteiger partial charge is 0.357 e. The fraction of sp³-hybridized carbons (Fsp3) is 0.125. The zero-order valence-electron chi connectivity index (χ0n) is 7.72. The lowest BCUT2D eigenvalue weighted by atomic mass is 10.4. The van der Waals surface area contributed by atoms with E-state index >= 15 is 0 Å². The summed E-state index contributed by atoms with van der Waals surface area (Å²) in [7, 11) is 0. The molecule has 2 aromatic heterocycles. The van der Waals surface area contributed by atoms with Crippen molar-refractivity contribution in [3.63, 3.8) is 0 Å². The Morgan fingerprint density at radius 3 is 2.73 bits per heavy atom. The van der Waals surface area contributed by atoms with Crippen LogP contribution in [0.4, 0.5) is 5.00 Å². The maximum absolute atomic E-state index is 10.7. The largest absolute Gasteiger partial charge is 0.476 e. The Bertz CT molecular complexity index is 518. The predicted molar refractivity (Wildman–Crippen MR) is 59.3 cm³/mol. The van der Waals surface area contributed by atoms with Crippen molar-refractivity contribution in [3.05, 3.63) is 16.1 Å². The second-order valence-corrected chi connectivity index (χ2v) is 4.88. The first kappa shape index (κ1) is 10.1. The minimum absolute atomic E-state index is 0.0966. The lowest BCUT2D eigenvalue weighted by molar-refractivity contribution is 0.0692. The average molecular weight is 241 g/mol. The number of nitrogens with zero attached hydrogens (tertiary/aromatic N) is 2. The molecule has 0 saturated heterocycles. The maximum atomic E-state index is 10.7. The number of hydrogen-bond donors (Lipinski definition) is 2. The highest BCUT2D eigenvalue weighted by atomic mass is 32.1. The van der Waals surface area contributed by atoms with Crippen LogP contribution in [0.5, 0.6) is 0 Å². The fourth-order valence-electron chi connectivity index (χ4n) is 1.06. The molecule has 15 heavy (non-hydrogen) atoms. The van der Waals surface area contributed by atoms with Gasteiger partial charge in [-0.1, -0.05) is 11.3 Å². The van der Waals surface area contributed by atoms with E-state index in [-0.39, 0.29) is 10.7 Å². The monoisotopic (exact) mass is 241 g/mol. The molecule has 0 aromatic carbocycles. The molecule has 5 nitrogen and oxygen atoms in total. The van der Waals surface area contributed by atoms with Crippen molar-refractivity contribution in [2.45, 2.75) is 6.92 Å². The molecule has 0 aliphatic rings. The van der Waals surface area contributed by atoms with Gasteiger partial charge < -0.3 is 10.8 Å². The number of carbonyl (C=O) groups is 1. The maximum Gasteiger partial charge on any atom is 0.357 e. The first-order valence-electron chi connectivity index (χ1n) is 4.00. The van der Waals surface area contributed by atoms with Crippen molar-refractivity contribution < 1.29 is 9.90 Å². The number of hydrogen-bond acceptors (Lipinski definition) is 6. The lowest BCUT2D eigenvalue weighted by Crippen LogP contribution is -2.00. The van der Waals surface area contributed by atoms with E-state index in [9.17, 15) is 4.79 Å². The number of carboxylic acids is 1. The highest BCUT2D eigenvalue weighted by molar-refractivity contribution is 7.19. The quantitative estimate of drug-likeness (QED) is 0.837. The molecule has 2 rings (SSSR count). The molecule has 0 unspecified atom stereocenters. The molecule has 0 spiro atoms. The summed E-state index contributed by atoms with van der Waals surface area (Å²) >= 11 is 2.63. The van der Waals surface area contributed by atoms with Gasteiger partial charge in [0.05, 0.1) is 5.01 Å². The molecule has 0 amide bonds. The van der Waals surface area contributed by atoms with Crippen LogP contribution >= 0.6 is 22.7 Å². The summed E-state index contributed by atoms with van der Waals surface area (Å²) in [6.07, 6.45) is 0. The van der Waals surface area contributed by atoms with E-state index in [2.05, 4.69) is 9.97 Å². The normalized spacial score (nSPS) is 10.5. The summed E-state index contributed by atoms with van der Waals surface area (Å²) in [5.41, 5.74) is 6.12. The third kappa shape index (κ3) is 1.83. The highest BCUT2D eigenvalue weighted by Crippen LogP contribution is 2.30. The van der Waals surface area contributed by atoms with Gasteiger partial charge in [0.2, 0.25) is 0 Å². The molecular weight excluding hydrogens is 234 g/mol. The summed E-state index contributed by atoms with van der Waals surface area (Å²) in [4.78, 5) is 18.9. The Hall–Kier alpha value is -1.47.